The molecule has 0 radical (unpaired) electrons. The van der Waals surface area contributed by atoms with Gasteiger partial charge in [-0.2, -0.15) is 0 Å². The molecule has 2 atom stereocenters. The summed E-state index contributed by atoms with van der Waals surface area (Å²) in [6.07, 6.45) is 2.43. The van der Waals surface area contributed by atoms with Gasteiger partial charge in [0.25, 0.3) is 0 Å². The minimum Gasteiger partial charge on any atom is -0.381 e. The lowest BCUT2D eigenvalue weighted by molar-refractivity contribution is 0.181. The standard InChI is InChI=1S/C12H19NOS/c1-9-11(4-6-15-9)12(13-2)7-10-3-5-14-8-10/h4,6,10,12-13H,3,5,7-8H2,1-2H3. The summed E-state index contributed by atoms with van der Waals surface area (Å²) in [5.74, 6) is 0.738. The van der Waals surface area contributed by atoms with Crippen molar-refractivity contribution < 1.29 is 4.74 Å². The molecule has 1 aliphatic rings. The van der Waals surface area contributed by atoms with Crippen molar-refractivity contribution in [1.29, 1.82) is 0 Å². The Kier molecular flexibility index (Phi) is 3.78. The average Bonchev–Trinajstić information content (AvgIpc) is 2.85. The van der Waals surface area contributed by atoms with Gasteiger partial charge in [-0.15, -0.1) is 11.3 Å². The lowest BCUT2D eigenvalue weighted by atomic mass is 9.95. The van der Waals surface area contributed by atoms with Gasteiger partial charge in [0.05, 0.1) is 0 Å². The van der Waals surface area contributed by atoms with Gasteiger partial charge in [-0.1, -0.05) is 0 Å². The van der Waals surface area contributed by atoms with Gasteiger partial charge in [-0.3, -0.25) is 0 Å². The third-order valence-corrected chi connectivity index (χ3v) is 4.08. The van der Waals surface area contributed by atoms with Gasteiger partial charge >= 0.3 is 0 Å². The van der Waals surface area contributed by atoms with E-state index in [1.165, 1.54) is 23.3 Å². The highest BCUT2D eigenvalue weighted by Crippen LogP contribution is 2.30. The molecule has 1 N–H and O–H groups in total. The Labute approximate surface area is 95.6 Å². The molecule has 84 valence electrons. The second-order valence-electron chi connectivity index (χ2n) is 4.24. The van der Waals surface area contributed by atoms with Crippen LogP contribution in [0.2, 0.25) is 0 Å². The predicted octanol–water partition coefficient (Wildman–Crippen LogP) is 2.74. The van der Waals surface area contributed by atoms with Crippen LogP contribution in [0.25, 0.3) is 0 Å². The predicted molar refractivity (Wildman–Crippen MR) is 64.4 cm³/mol. The summed E-state index contributed by atoms with van der Waals surface area (Å²) in [5, 5.41) is 5.60. The Bertz CT molecular complexity index is 304. The average molecular weight is 225 g/mol. The third kappa shape index (κ3) is 2.60. The zero-order valence-electron chi connectivity index (χ0n) is 9.45. The van der Waals surface area contributed by atoms with E-state index >= 15 is 0 Å². The number of ether oxygens (including phenoxy) is 1. The summed E-state index contributed by atoms with van der Waals surface area (Å²) >= 11 is 1.83. The van der Waals surface area contributed by atoms with Crippen LogP contribution in [0.15, 0.2) is 11.4 Å². The molecule has 2 rings (SSSR count). The first kappa shape index (κ1) is 11.1. The summed E-state index contributed by atoms with van der Waals surface area (Å²) in [7, 11) is 2.05. The molecule has 3 heteroatoms. The SMILES string of the molecule is CNC(CC1CCOC1)c1ccsc1C. The van der Waals surface area contributed by atoms with Crippen molar-refractivity contribution in [1.82, 2.24) is 5.32 Å². The number of thiophene rings is 1. The van der Waals surface area contributed by atoms with Gasteiger partial charge in [0.15, 0.2) is 0 Å². The molecule has 0 saturated carbocycles. The Balaban J connectivity index is 2.00. The molecular formula is C12H19NOS. The van der Waals surface area contributed by atoms with Gasteiger partial charge in [-0.05, 0) is 49.7 Å². The molecule has 15 heavy (non-hydrogen) atoms. The monoisotopic (exact) mass is 225 g/mol. The van der Waals surface area contributed by atoms with Crippen LogP contribution >= 0.6 is 11.3 Å². The molecule has 2 heterocycles. The molecule has 1 aliphatic heterocycles. The topological polar surface area (TPSA) is 21.3 Å². The highest BCUT2D eigenvalue weighted by molar-refractivity contribution is 7.10. The third-order valence-electron chi connectivity index (χ3n) is 3.22. The fourth-order valence-electron chi connectivity index (χ4n) is 2.26. The van der Waals surface area contributed by atoms with Crippen molar-refractivity contribution in [3.63, 3.8) is 0 Å². The molecule has 0 aliphatic carbocycles. The fraction of sp³-hybridized carbons (Fsp3) is 0.667. The molecular weight excluding hydrogens is 206 g/mol. The quantitative estimate of drug-likeness (QED) is 0.850. The normalized spacial score (nSPS) is 23.2. The lowest BCUT2D eigenvalue weighted by Gasteiger charge is -2.19. The smallest absolute Gasteiger partial charge is 0.0495 e. The summed E-state index contributed by atoms with van der Waals surface area (Å²) in [6, 6.07) is 2.75. The Morgan fingerprint density at radius 3 is 3.07 bits per heavy atom. The maximum Gasteiger partial charge on any atom is 0.0495 e. The number of hydrogen-bond acceptors (Lipinski definition) is 3. The van der Waals surface area contributed by atoms with Crippen LogP contribution in [0.1, 0.15) is 29.3 Å². The second-order valence-corrected chi connectivity index (χ2v) is 5.36. The van der Waals surface area contributed by atoms with E-state index in [1.807, 2.05) is 11.3 Å². The first-order chi connectivity index (χ1) is 7.31. The maximum atomic E-state index is 5.42. The van der Waals surface area contributed by atoms with Crippen molar-refractivity contribution in [2.45, 2.75) is 25.8 Å². The van der Waals surface area contributed by atoms with E-state index in [4.69, 9.17) is 4.74 Å². The van der Waals surface area contributed by atoms with Crippen LogP contribution in [-0.4, -0.2) is 20.3 Å². The molecule has 0 aromatic carbocycles. The van der Waals surface area contributed by atoms with Gasteiger partial charge in [0.2, 0.25) is 0 Å². The van der Waals surface area contributed by atoms with Crippen molar-refractivity contribution in [2.75, 3.05) is 20.3 Å². The van der Waals surface area contributed by atoms with E-state index < -0.39 is 0 Å². The Morgan fingerprint density at radius 2 is 2.53 bits per heavy atom. The van der Waals surface area contributed by atoms with Crippen LogP contribution < -0.4 is 5.32 Å². The summed E-state index contributed by atoms with van der Waals surface area (Å²) in [6.45, 7) is 4.10. The molecule has 2 unspecified atom stereocenters. The van der Waals surface area contributed by atoms with Crippen molar-refractivity contribution >= 4 is 11.3 Å². The fourth-order valence-corrected chi connectivity index (χ4v) is 3.02. The molecule has 1 aromatic heterocycles. The van der Waals surface area contributed by atoms with Crippen LogP contribution in [0.5, 0.6) is 0 Å². The number of hydrogen-bond donors (Lipinski definition) is 1. The van der Waals surface area contributed by atoms with E-state index in [9.17, 15) is 0 Å². The molecule has 1 saturated heterocycles. The first-order valence-electron chi connectivity index (χ1n) is 5.60. The maximum absolute atomic E-state index is 5.42. The highest BCUT2D eigenvalue weighted by atomic mass is 32.1. The number of nitrogens with one attached hydrogen (secondary N) is 1. The zero-order chi connectivity index (χ0) is 10.7. The number of rotatable bonds is 4. The highest BCUT2D eigenvalue weighted by Gasteiger charge is 2.22. The van der Waals surface area contributed by atoms with E-state index in [0.29, 0.717) is 6.04 Å². The molecule has 0 bridgehead atoms. The zero-order valence-corrected chi connectivity index (χ0v) is 10.3. The molecule has 2 nitrogen and oxygen atoms in total. The molecule has 0 spiro atoms. The van der Waals surface area contributed by atoms with Gasteiger partial charge in [0, 0.05) is 24.1 Å². The van der Waals surface area contributed by atoms with E-state index in [2.05, 4.69) is 30.7 Å². The second kappa shape index (κ2) is 5.10. The van der Waals surface area contributed by atoms with Crippen LogP contribution in [0.3, 0.4) is 0 Å². The van der Waals surface area contributed by atoms with Crippen LogP contribution in [0, 0.1) is 12.8 Å². The largest absolute Gasteiger partial charge is 0.381 e. The van der Waals surface area contributed by atoms with Crippen molar-refractivity contribution in [2.24, 2.45) is 5.92 Å². The van der Waals surface area contributed by atoms with E-state index in [1.54, 1.807) is 0 Å². The van der Waals surface area contributed by atoms with Crippen LogP contribution in [0.4, 0.5) is 0 Å². The van der Waals surface area contributed by atoms with Crippen molar-refractivity contribution in [3.8, 4) is 0 Å². The lowest BCUT2D eigenvalue weighted by Crippen LogP contribution is -2.20. The van der Waals surface area contributed by atoms with E-state index in [0.717, 1.165) is 19.1 Å². The molecule has 1 fully saturated rings. The van der Waals surface area contributed by atoms with Crippen LogP contribution in [-0.2, 0) is 4.74 Å². The minimum atomic E-state index is 0.503. The minimum absolute atomic E-state index is 0.503. The van der Waals surface area contributed by atoms with Gasteiger partial charge in [-0.25, -0.2) is 0 Å². The molecule has 1 aromatic rings. The summed E-state index contributed by atoms with van der Waals surface area (Å²) in [4.78, 5) is 1.44. The van der Waals surface area contributed by atoms with E-state index in [-0.39, 0.29) is 0 Å². The van der Waals surface area contributed by atoms with Gasteiger partial charge < -0.3 is 10.1 Å². The summed E-state index contributed by atoms with van der Waals surface area (Å²) < 4.78 is 5.42. The first-order valence-corrected chi connectivity index (χ1v) is 6.48. The van der Waals surface area contributed by atoms with Gasteiger partial charge in [0.1, 0.15) is 0 Å². The molecule has 0 amide bonds. The Morgan fingerprint density at radius 1 is 1.67 bits per heavy atom. The Hall–Kier alpha value is -0.380. The van der Waals surface area contributed by atoms with Crippen molar-refractivity contribution in [3.05, 3.63) is 21.9 Å². The summed E-state index contributed by atoms with van der Waals surface area (Å²) in [5.41, 5.74) is 1.47. The number of aryl methyl sites for hydroxylation is 1.